The van der Waals surface area contributed by atoms with Gasteiger partial charge in [-0.05, 0) is 36.0 Å². The minimum Gasteiger partial charge on any atom is -0.313 e. The molecule has 0 aliphatic carbocycles. The molecule has 0 radical (unpaired) electrons. The number of nitrogens with zero attached hydrogens (tertiary/aromatic N) is 1. The number of fused-ring (bicyclic) bond motifs is 1. The zero-order valence-corrected chi connectivity index (χ0v) is 10.4. The highest BCUT2D eigenvalue weighted by molar-refractivity contribution is 5.81. The molecule has 90 valence electrons. The van der Waals surface area contributed by atoms with Crippen molar-refractivity contribution in [3.63, 3.8) is 0 Å². The first-order valence-electron chi connectivity index (χ1n) is 6.43. The summed E-state index contributed by atoms with van der Waals surface area (Å²) in [6.07, 6.45) is 7.63. The Hall–Kier alpha value is -1.41. The molecule has 0 spiro atoms. The van der Waals surface area contributed by atoms with Crippen molar-refractivity contribution in [1.82, 2.24) is 10.3 Å². The Bertz CT molecular complexity index is 465. The Morgan fingerprint density at radius 2 is 2.06 bits per heavy atom. The number of hydrogen-bond donors (Lipinski definition) is 1. The summed E-state index contributed by atoms with van der Waals surface area (Å²) in [5, 5.41) is 5.97. The molecule has 1 N–H and O–H groups in total. The molecule has 1 aromatic heterocycles. The normalized spacial score (nSPS) is 10.9. The van der Waals surface area contributed by atoms with Crippen LogP contribution in [0.2, 0.25) is 0 Å². The molecule has 17 heavy (non-hydrogen) atoms. The highest BCUT2D eigenvalue weighted by Crippen LogP contribution is 2.14. The summed E-state index contributed by atoms with van der Waals surface area (Å²) < 4.78 is 0. The number of pyridine rings is 1. The molecule has 0 bridgehead atoms. The highest BCUT2D eigenvalue weighted by Gasteiger charge is 1.96. The van der Waals surface area contributed by atoms with E-state index in [0.29, 0.717) is 0 Å². The van der Waals surface area contributed by atoms with Crippen LogP contribution >= 0.6 is 0 Å². The minimum absolute atomic E-state index is 0.960. The van der Waals surface area contributed by atoms with Gasteiger partial charge in [-0.3, -0.25) is 4.98 Å². The van der Waals surface area contributed by atoms with Crippen molar-refractivity contribution in [3.05, 3.63) is 42.2 Å². The molecule has 0 saturated heterocycles. The SMILES string of the molecule is CCCCCNCc1ccc2cnccc2c1. The summed E-state index contributed by atoms with van der Waals surface area (Å²) in [4.78, 5) is 4.12. The Morgan fingerprint density at radius 1 is 1.12 bits per heavy atom. The number of nitrogens with one attached hydrogen (secondary N) is 1. The Kier molecular flexibility index (Phi) is 4.51. The number of aromatic nitrogens is 1. The molecule has 0 unspecified atom stereocenters. The van der Waals surface area contributed by atoms with Gasteiger partial charge in [0, 0.05) is 24.3 Å². The molecule has 0 amide bonds. The van der Waals surface area contributed by atoms with Gasteiger partial charge < -0.3 is 5.32 Å². The van der Waals surface area contributed by atoms with Crippen molar-refractivity contribution in [3.8, 4) is 0 Å². The monoisotopic (exact) mass is 228 g/mol. The van der Waals surface area contributed by atoms with Gasteiger partial charge in [0.05, 0.1) is 0 Å². The molecule has 2 aromatic rings. The summed E-state index contributed by atoms with van der Waals surface area (Å²) in [5.74, 6) is 0. The van der Waals surface area contributed by atoms with Crippen LogP contribution in [0.15, 0.2) is 36.7 Å². The maximum atomic E-state index is 4.12. The smallest absolute Gasteiger partial charge is 0.0346 e. The van der Waals surface area contributed by atoms with Crippen LogP contribution in [0.1, 0.15) is 31.7 Å². The van der Waals surface area contributed by atoms with Crippen LogP contribution in [-0.4, -0.2) is 11.5 Å². The van der Waals surface area contributed by atoms with Crippen LogP contribution in [-0.2, 0) is 6.54 Å². The van der Waals surface area contributed by atoms with Gasteiger partial charge in [0.25, 0.3) is 0 Å². The predicted octanol–water partition coefficient (Wildman–Crippen LogP) is 3.51. The molecule has 0 saturated carbocycles. The quantitative estimate of drug-likeness (QED) is 0.765. The molecule has 0 aliphatic rings. The van der Waals surface area contributed by atoms with Gasteiger partial charge in [-0.15, -0.1) is 0 Å². The maximum Gasteiger partial charge on any atom is 0.0346 e. The van der Waals surface area contributed by atoms with Gasteiger partial charge >= 0.3 is 0 Å². The minimum atomic E-state index is 0.960. The zero-order chi connectivity index (χ0) is 11.9. The molecule has 0 atom stereocenters. The van der Waals surface area contributed by atoms with Crippen molar-refractivity contribution in [2.75, 3.05) is 6.54 Å². The van der Waals surface area contributed by atoms with Crippen LogP contribution in [0, 0.1) is 0 Å². The topological polar surface area (TPSA) is 24.9 Å². The average molecular weight is 228 g/mol. The summed E-state index contributed by atoms with van der Waals surface area (Å²) in [6, 6.07) is 8.63. The standard InChI is InChI=1S/C15H20N2/c1-2-3-4-8-16-11-13-5-6-15-12-17-9-7-14(15)10-13/h5-7,9-10,12,16H,2-4,8,11H2,1H3. The van der Waals surface area contributed by atoms with Crippen LogP contribution in [0.3, 0.4) is 0 Å². The molecular formula is C15H20N2. The van der Waals surface area contributed by atoms with Gasteiger partial charge in [0.15, 0.2) is 0 Å². The number of benzene rings is 1. The molecule has 1 aromatic carbocycles. The van der Waals surface area contributed by atoms with Crippen LogP contribution in [0.5, 0.6) is 0 Å². The van der Waals surface area contributed by atoms with E-state index in [1.54, 1.807) is 0 Å². The van der Waals surface area contributed by atoms with Crippen molar-refractivity contribution >= 4 is 10.8 Å². The molecular weight excluding hydrogens is 208 g/mol. The van der Waals surface area contributed by atoms with E-state index in [1.165, 1.54) is 35.6 Å². The fourth-order valence-corrected chi connectivity index (χ4v) is 1.98. The first-order chi connectivity index (χ1) is 8.40. The maximum absolute atomic E-state index is 4.12. The lowest BCUT2D eigenvalue weighted by Crippen LogP contribution is -2.14. The van der Waals surface area contributed by atoms with Crippen molar-refractivity contribution in [1.29, 1.82) is 0 Å². The van der Waals surface area contributed by atoms with Crippen LogP contribution in [0.4, 0.5) is 0 Å². The van der Waals surface area contributed by atoms with E-state index in [2.05, 4.69) is 41.5 Å². The number of hydrogen-bond acceptors (Lipinski definition) is 2. The van der Waals surface area contributed by atoms with E-state index in [1.807, 2.05) is 12.4 Å². The van der Waals surface area contributed by atoms with E-state index in [9.17, 15) is 0 Å². The fraction of sp³-hybridized carbons (Fsp3) is 0.400. The molecule has 2 heteroatoms. The Labute approximate surface area is 103 Å². The lowest BCUT2D eigenvalue weighted by atomic mass is 10.1. The third-order valence-electron chi connectivity index (χ3n) is 2.99. The third kappa shape index (κ3) is 3.53. The van der Waals surface area contributed by atoms with Crippen molar-refractivity contribution < 1.29 is 0 Å². The van der Waals surface area contributed by atoms with E-state index >= 15 is 0 Å². The largest absolute Gasteiger partial charge is 0.313 e. The summed E-state index contributed by atoms with van der Waals surface area (Å²) >= 11 is 0. The Morgan fingerprint density at radius 3 is 2.94 bits per heavy atom. The van der Waals surface area contributed by atoms with E-state index in [4.69, 9.17) is 0 Å². The first-order valence-corrected chi connectivity index (χ1v) is 6.43. The molecule has 2 nitrogen and oxygen atoms in total. The van der Waals surface area contributed by atoms with Gasteiger partial charge in [-0.25, -0.2) is 0 Å². The lowest BCUT2D eigenvalue weighted by molar-refractivity contribution is 0.617. The van der Waals surface area contributed by atoms with Gasteiger partial charge in [-0.1, -0.05) is 31.9 Å². The lowest BCUT2D eigenvalue weighted by Gasteiger charge is -2.05. The second-order valence-electron chi connectivity index (χ2n) is 4.44. The van der Waals surface area contributed by atoms with Gasteiger partial charge in [-0.2, -0.15) is 0 Å². The molecule has 0 aliphatic heterocycles. The number of rotatable bonds is 6. The zero-order valence-electron chi connectivity index (χ0n) is 10.4. The summed E-state index contributed by atoms with van der Waals surface area (Å²) in [5.41, 5.74) is 1.35. The third-order valence-corrected chi connectivity index (χ3v) is 2.99. The highest BCUT2D eigenvalue weighted by atomic mass is 14.8. The predicted molar refractivity (Wildman–Crippen MR) is 73.0 cm³/mol. The van der Waals surface area contributed by atoms with Gasteiger partial charge in [0.2, 0.25) is 0 Å². The van der Waals surface area contributed by atoms with Crippen LogP contribution < -0.4 is 5.32 Å². The van der Waals surface area contributed by atoms with Gasteiger partial charge in [0.1, 0.15) is 0 Å². The second kappa shape index (κ2) is 6.36. The fourth-order valence-electron chi connectivity index (χ4n) is 1.98. The van der Waals surface area contributed by atoms with E-state index < -0.39 is 0 Å². The summed E-state index contributed by atoms with van der Waals surface area (Å²) in [7, 11) is 0. The van der Waals surface area contributed by atoms with Crippen molar-refractivity contribution in [2.24, 2.45) is 0 Å². The van der Waals surface area contributed by atoms with Crippen LogP contribution in [0.25, 0.3) is 10.8 Å². The van der Waals surface area contributed by atoms with Crippen molar-refractivity contribution in [2.45, 2.75) is 32.7 Å². The molecule has 1 heterocycles. The molecule has 2 rings (SSSR count). The summed E-state index contributed by atoms with van der Waals surface area (Å²) in [6.45, 7) is 4.31. The Balaban J connectivity index is 1.90. The second-order valence-corrected chi connectivity index (χ2v) is 4.44. The van der Waals surface area contributed by atoms with E-state index in [-0.39, 0.29) is 0 Å². The first kappa shape index (κ1) is 12.1. The average Bonchev–Trinajstić information content (AvgIpc) is 2.38. The number of unbranched alkanes of at least 4 members (excludes halogenated alkanes) is 2. The van der Waals surface area contributed by atoms with E-state index in [0.717, 1.165) is 13.1 Å². The molecule has 0 fully saturated rings.